The van der Waals surface area contributed by atoms with Crippen LogP contribution in [-0.4, -0.2) is 59.1 Å². The van der Waals surface area contributed by atoms with Crippen LogP contribution < -0.4 is 0 Å². The van der Waals surface area contributed by atoms with Crippen molar-refractivity contribution in [2.45, 2.75) is 6.42 Å². The third kappa shape index (κ3) is 3.99. The van der Waals surface area contributed by atoms with Gasteiger partial charge in [0.1, 0.15) is 6.61 Å². The van der Waals surface area contributed by atoms with Crippen LogP contribution in [0.3, 0.4) is 0 Å². The van der Waals surface area contributed by atoms with Crippen LogP contribution in [0.5, 0.6) is 0 Å². The van der Waals surface area contributed by atoms with Crippen molar-refractivity contribution in [1.29, 1.82) is 0 Å². The van der Waals surface area contributed by atoms with Crippen molar-refractivity contribution in [2.75, 3.05) is 19.7 Å². The second kappa shape index (κ2) is 8.98. The average Bonchev–Trinajstić information content (AvgIpc) is 3.27. The lowest BCUT2D eigenvalue weighted by Crippen LogP contribution is -2.33. The highest BCUT2D eigenvalue weighted by molar-refractivity contribution is 6.22. The lowest BCUT2D eigenvalue weighted by molar-refractivity contribution is 0.0420. The summed E-state index contributed by atoms with van der Waals surface area (Å²) < 4.78 is 5.24. The van der Waals surface area contributed by atoms with Crippen LogP contribution in [0.15, 0.2) is 72.8 Å². The summed E-state index contributed by atoms with van der Waals surface area (Å²) in [6.45, 7) is -0.0540. The van der Waals surface area contributed by atoms with Crippen LogP contribution in [0, 0.1) is 0 Å². The normalized spacial score (nSPS) is 14.4. The summed E-state index contributed by atoms with van der Waals surface area (Å²) in [7, 11) is 0. The number of carbonyl (C=O) groups is 5. The first-order chi connectivity index (χ1) is 17.0. The van der Waals surface area contributed by atoms with Gasteiger partial charge in [-0.3, -0.25) is 29.0 Å². The standard InChI is InChI=1S/C27H20N2O6/c30-23-19-8-4-5-9-20(19)24(31)29(23)14-15-35-27(34)18-10-11-21-22(16-18)26(33)28(25(21)32)13-12-17-6-2-1-3-7-17/h1-11,16H,12-15H2. The lowest BCUT2D eigenvalue weighted by Gasteiger charge is -2.14. The highest BCUT2D eigenvalue weighted by atomic mass is 16.5. The van der Waals surface area contributed by atoms with E-state index in [9.17, 15) is 24.0 Å². The molecule has 0 unspecified atom stereocenters. The molecular weight excluding hydrogens is 448 g/mol. The zero-order valence-corrected chi connectivity index (χ0v) is 18.6. The number of rotatable bonds is 7. The number of amides is 4. The van der Waals surface area contributed by atoms with E-state index in [1.165, 1.54) is 23.1 Å². The Kier molecular flexibility index (Phi) is 5.70. The third-order valence-electron chi connectivity index (χ3n) is 6.10. The van der Waals surface area contributed by atoms with E-state index >= 15 is 0 Å². The van der Waals surface area contributed by atoms with Crippen molar-refractivity contribution >= 4 is 29.6 Å². The zero-order chi connectivity index (χ0) is 24.5. The van der Waals surface area contributed by atoms with Gasteiger partial charge in [-0.15, -0.1) is 0 Å². The van der Waals surface area contributed by atoms with Gasteiger partial charge in [-0.1, -0.05) is 42.5 Å². The highest BCUT2D eigenvalue weighted by Crippen LogP contribution is 2.25. The number of esters is 1. The summed E-state index contributed by atoms with van der Waals surface area (Å²) >= 11 is 0. The Bertz CT molecular complexity index is 1350. The van der Waals surface area contributed by atoms with Gasteiger partial charge >= 0.3 is 5.97 Å². The van der Waals surface area contributed by atoms with Gasteiger partial charge in [-0.25, -0.2) is 4.79 Å². The molecule has 0 atom stereocenters. The molecule has 0 fully saturated rings. The Morgan fingerprint density at radius 1 is 0.629 bits per heavy atom. The molecule has 0 aromatic heterocycles. The van der Waals surface area contributed by atoms with E-state index in [1.807, 2.05) is 30.3 Å². The first-order valence-electron chi connectivity index (χ1n) is 11.1. The molecule has 4 amide bonds. The summed E-state index contributed by atoms with van der Waals surface area (Å²) in [6.07, 6.45) is 0.527. The minimum atomic E-state index is -0.715. The molecule has 174 valence electrons. The number of carbonyl (C=O) groups excluding carboxylic acids is 5. The van der Waals surface area contributed by atoms with Crippen molar-refractivity contribution in [3.8, 4) is 0 Å². The van der Waals surface area contributed by atoms with Crippen LogP contribution in [-0.2, 0) is 11.2 Å². The third-order valence-corrected chi connectivity index (χ3v) is 6.10. The van der Waals surface area contributed by atoms with Crippen molar-refractivity contribution in [3.63, 3.8) is 0 Å². The molecule has 0 N–H and O–H groups in total. The molecule has 5 rings (SSSR count). The fourth-order valence-corrected chi connectivity index (χ4v) is 4.26. The van der Waals surface area contributed by atoms with Gasteiger partial charge in [-0.05, 0) is 42.3 Å². The molecule has 3 aromatic rings. The maximum absolute atomic E-state index is 12.8. The number of benzene rings is 3. The second-order valence-corrected chi connectivity index (χ2v) is 8.20. The highest BCUT2D eigenvalue weighted by Gasteiger charge is 2.36. The fourth-order valence-electron chi connectivity index (χ4n) is 4.26. The Balaban J connectivity index is 1.21. The molecule has 0 aliphatic carbocycles. The van der Waals surface area contributed by atoms with E-state index in [4.69, 9.17) is 4.74 Å². The van der Waals surface area contributed by atoms with Crippen molar-refractivity contribution < 1.29 is 28.7 Å². The largest absolute Gasteiger partial charge is 0.460 e. The smallest absolute Gasteiger partial charge is 0.338 e. The van der Waals surface area contributed by atoms with E-state index in [1.54, 1.807) is 24.3 Å². The number of ether oxygens (including phenoxy) is 1. The van der Waals surface area contributed by atoms with E-state index in [2.05, 4.69) is 0 Å². The van der Waals surface area contributed by atoms with E-state index in [-0.39, 0.29) is 36.4 Å². The van der Waals surface area contributed by atoms with Crippen LogP contribution in [0.1, 0.15) is 57.4 Å². The maximum atomic E-state index is 12.8. The van der Waals surface area contributed by atoms with Gasteiger partial charge in [0.2, 0.25) is 0 Å². The van der Waals surface area contributed by atoms with Crippen LogP contribution in [0.4, 0.5) is 0 Å². The Morgan fingerprint density at radius 3 is 1.83 bits per heavy atom. The Labute approximate surface area is 200 Å². The summed E-state index contributed by atoms with van der Waals surface area (Å²) in [4.78, 5) is 65.1. The van der Waals surface area contributed by atoms with E-state index < -0.39 is 29.6 Å². The minimum Gasteiger partial charge on any atom is -0.460 e. The molecule has 0 saturated heterocycles. The van der Waals surface area contributed by atoms with Gasteiger partial charge in [0, 0.05) is 6.54 Å². The molecule has 0 saturated carbocycles. The van der Waals surface area contributed by atoms with Gasteiger partial charge in [-0.2, -0.15) is 0 Å². The molecule has 0 bridgehead atoms. The summed E-state index contributed by atoms with van der Waals surface area (Å²) in [5.74, 6) is -2.43. The number of fused-ring (bicyclic) bond motifs is 2. The monoisotopic (exact) mass is 468 g/mol. The Morgan fingerprint density at radius 2 is 1.17 bits per heavy atom. The predicted octanol–water partition coefficient (Wildman–Crippen LogP) is 2.98. The first kappa shape index (κ1) is 22.2. The molecule has 0 radical (unpaired) electrons. The summed E-state index contributed by atoms with van der Waals surface area (Å²) in [6, 6.07) is 20.3. The number of nitrogens with zero attached hydrogens (tertiary/aromatic N) is 2. The topological polar surface area (TPSA) is 101 Å². The van der Waals surface area contributed by atoms with Gasteiger partial charge < -0.3 is 4.74 Å². The quantitative estimate of drug-likeness (QED) is 0.390. The molecule has 0 spiro atoms. The Hall–Kier alpha value is -4.59. The lowest BCUT2D eigenvalue weighted by atomic mass is 10.1. The molecule has 8 heteroatoms. The number of hydrogen-bond donors (Lipinski definition) is 0. The van der Waals surface area contributed by atoms with Crippen LogP contribution in [0.25, 0.3) is 0 Å². The SMILES string of the molecule is O=C(OCCN1C(=O)c2ccccc2C1=O)c1ccc2c(c1)C(=O)N(CCc1ccccc1)C2=O. The number of hydrogen-bond acceptors (Lipinski definition) is 6. The molecule has 2 heterocycles. The van der Waals surface area contributed by atoms with Crippen molar-refractivity contribution in [1.82, 2.24) is 9.80 Å². The van der Waals surface area contributed by atoms with E-state index in [0.717, 1.165) is 10.5 Å². The van der Waals surface area contributed by atoms with Gasteiger partial charge in [0.05, 0.1) is 34.4 Å². The predicted molar refractivity (Wildman–Crippen MR) is 124 cm³/mol. The van der Waals surface area contributed by atoms with E-state index in [0.29, 0.717) is 17.5 Å². The first-order valence-corrected chi connectivity index (χ1v) is 11.1. The number of imide groups is 2. The van der Waals surface area contributed by atoms with Crippen LogP contribution in [0.2, 0.25) is 0 Å². The summed E-state index contributed by atoms with van der Waals surface area (Å²) in [5, 5.41) is 0. The van der Waals surface area contributed by atoms with Crippen LogP contribution >= 0.6 is 0 Å². The van der Waals surface area contributed by atoms with Gasteiger partial charge in [0.25, 0.3) is 23.6 Å². The summed E-state index contributed by atoms with van der Waals surface area (Å²) in [5.41, 5.74) is 2.15. The minimum absolute atomic E-state index is 0.0896. The maximum Gasteiger partial charge on any atom is 0.338 e. The van der Waals surface area contributed by atoms with Gasteiger partial charge in [0.15, 0.2) is 0 Å². The zero-order valence-electron chi connectivity index (χ0n) is 18.6. The van der Waals surface area contributed by atoms with Crippen molar-refractivity contribution in [2.24, 2.45) is 0 Å². The second-order valence-electron chi connectivity index (χ2n) is 8.20. The van der Waals surface area contributed by atoms with Crippen molar-refractivity contribution in [3.05, 3.63) is 106 Å². The molecule has 2 aliphatic heterocycles. The molecule has 2 aliphatic rings. The average molecular weight is 468 g/mol. The molecule has 3 aromatic carbocycles. The molecule has 35 heavy (non-hydrogen) atoms. The molecule has 8 nitrogen and oxygen atoms in total. The fraction of sp³-hybridized carbons (Fsp3) is 0.148. The molecular formula is C27H20N2O6.